The van der Waals surface area contributed by atoms with Gasteiger partial charge in [-0.05, 0) is 53.3 Å². The molecule has 34 heavy (non-hydrogen) atoms. The van der Waals surface area contributed by atoms with E-state index in [1.165, 1.54) is 4.31 Å². The van der Waals surface area contributed by atoms with E-state index in [1.807, 2.05) is 30.3 Å². The van der Waals surface area contributed by atoms with Crippen molar-refractivity contribution in [3.05, 3.63) is 82.7 Å². The minimum atomic E-state index is -3.79. The van der Waals surface area contributed by atoms with Gasteiger partial charge in [-0.1, -0.05) is 30.3 Å². The topological polar surface area (TPSA) is 117 Å². The first-order valence-corrected chi connectivity index (χ1v) is 12.8. The third kappa shape index (κ3) is 5.17. The Morgan fingerprint density at radius 3 is 2.59 bits per heavy atom. The summed E-state index contributed by atoms with van der Waals surface area (Å²) >= 11 is 1.13. The molecule has 2 aromatic carbocycles. The van der Waals surface area contributed by atoms with Crippen molar-refractivity contribution in [2.45, 2.75) is 23.1 Å². The molecule has 1 unspecified atom stereocenters. The number of amides is 1. The van der Waals surface area contributed by atoms with E-state index >= 15 is 0 Å². The third-order valence-electron chi connectivity index (χ3n) is 5.44. The first kappa shape index (κ1) is 23.6. The SMILES string of the molecule is N#Cc1ccc(NC(=O)COC(=O)CC2c3ccccc3CCN2S(=O)(=O)c2cccs2)cc1. The number of thiophene rings is 1. The molecule has 0 fully saturated rings. The fourth-order valence-electron chi connectivity index (χ4n) is 3.84. The number of hydrogen-bond acceptors (Lipinski definition) is 7. The van der Waals surface area contributed by atoms with Gasteiger partial charge >= 0.3 is 5.97 Å². The van der Waals surface area contributed by atoms with E-state index in [0.717, 1.165) is 22.5 Å². The van der Waals surface area contributed by atoms with Crippen LogP contribution in [0.15, 0.2) is 70.3 Å². The van der Waals surface area contributed by atoms with Gasteiger partial charge in [-0.25, -0.2) is 8.42 Å². The van der Waals surface area contributed by atoms with Crippen molar-refractivity contribution in [3.63, 3.8) is 0 Å². The summed E-state index contributed by atoms with van der Waals surface area (Å²) in [4.78, 5) is 24.8. The lowest BCUT2D eigenvalue weighted by Crippen LogP contribution is -2.41. The average molecular weight is 496 g/mol. The van der Waals surface area contributed by atoms with Crippen LogP contribution in [-0.2, 0) is 30.8 Å². The van der Waals surface area contributed by atoms with Gasteiger partial charge in [0, 0.05) is 12.2 Å². The number of fused-ring (bicyclic) bond motifs is 1. The van der Waals surface area contributed by atoms with Crippen LogP contribution in [-0.4, -0.2) is 37.8 Å². The number of sulfonamides is 1. The Bertz CT molecular complexity index is 1330. The zero-order valence-corrected chi connectivity index (χ0v) is 19.6. The molecule has 4 rings (SSSR count). The normalized spacial score (nSPS) is 15.7. The van der Waals surface area contributed by atoms with Crippen molar-refractivity contribution in [3.8, 4) is 6.07 Å². The van der Waals surface area contributed by atoms with Gasteiger partial charge in [0.15, 0.2) is 6.61 Å². The quantitative estimate of drug-likeness (QED) is 0.502. The first-order valence-electron chi connectivity index (χ1n) is 10.5. The predicted molar refractivity (Wildman–Crippen MR) is 126 cm³/mol. The Hall–Kier alpha value is -3.52. The highest BCUT2D eigenvalue weighted by Gasteiger charge is 2.38. The smallest absolute Gasteiger partial charge is 0.308 e. The van der Waals surface area contributed by atoms with Crippen LogP contribution in [0.2, 0.25) is 0 Å². The van der Waals surface area contributed by atoms with Crippen LogP contribution in [0.4, 0.5) is 5.69 Å². The number of esters is 1. The van der Waals surface area contributed by atoms with E-state index in [0.29, 0.717) is 17.7 Å². The summed E-state index contributed by atoms with van der Waals surface area (Å²) in [6.07, 6.45) is 0.324. The number of benzene rings is 2. The second-order valence-corrected chi connectivity index (χ2v) is 10.7. The van der Waals surface area contributed by atoms with Gasteiger partial charge in [-0.2, -0.15) is 9.57 Å². The highest BCUT2D eigenvalue weighted by molar-refractivity contribution is 7.91. The van der Waals surface area contributed by atoms with Gasteiger partial charge in [0.25, 0.3) is 15.9 Å². The van der Waals surface area contributed by atoms with Crippen LogP contribution >= 0.6 is 11.3 Å². The van der Waals surface area contributed by atoms with Crippen molar-refractivity contribution in [2.24, 2.45) is 0 Å². The predicted octanol–water partition coefficient (Wildman–Crippen LogP) is 3.48. The Morgan fingerprint density at radius 1 is 1.12 bits per heavy atom. The summed E-state index contributed by atoms with van der Waals surface area (Å²) in [5.74, 6) is -1.21. The van der Waals surface area contributed by atoms with Crippen LogP contribution < -0.4 is 5.32 Å². The zero-order chi connectivity index (χ0) is 24.1. The van der Waals surface area contributed by atoms with E-state index in [1.54, 1.807) is 41.8 Å². The molecule has 0 aliphatic carbocycles. The Kier molecular flexibility index (Phi) is 7.07. The fraction of sp³-hybridized carbons (Fsp3) is 0.208. The molecule has 0 saturated carbocycles. The maximum atomic E-state index is 13.3. The molecular weight excluding hydrogens is 474 g/mol. The van der Waals surface area contributed by atoms with Gasteiger partial charge in [0.1, 0.15) is 4.21 Å². The molecule has 3 aromatic rings. The Morgan fingerprint density at radius 2 is 1.88 bits per heavy atom. The summed E-state index contributed by atoms with van der Waals surface area (Å²) in [6, 6.07) is 18.2. The summed E-state index contributed by atoms with van der Waals surface area (Å²) in [7, 11) is -3.79. The summed E-state index contributed by atoms with van der Waals surface area (Å²) in [5, 5.41) is 13.1. The molecule has 1 atom stereocenters. The van der Waals surface area contributed by atoms with Crippen LogP contribution in [0.1, 0.15) is 29.2 Å². The second-order valence-electron chi connectivity index (χ2n) is 7.61. The molecule has 2 heterocycles. The molecule has 10 heteroatoms. The number of nitrogens with zero attached hydrogens (tertiary/aromatic N) is 2. The fourth-order valence-corrected chi connectivity index (χ4v) is 6.57. The lowest BCUT2D eigenvalue weighted by Gasteiger charge is -2.35. The Balaban J connectivity index is 1.45. The highest BCUT2D eigenvalue weighted by atomic mass is 32.2. The van der Waals surface area contributed by atoms with Crippen LogP contribution in [0, 0.1) is 11.3 Å². The van der Waals surface area contributed by atoms with Crippen LogP contribution in [0.5, 0.6) is 0 Å². The van der Waals surface area contributed by atoms with Gasteiger partial charge in [-0.15, -0.1) is 11.3 Å². The van der Waals surface area contributed by atoms with Gasteiger partial charge in [-0.3, -0.25) is 9.59 Å². The third-order valence-corrected chi connectivity index (χ3v) is 8.72. The maximum absolute atomic E-state index is 13.3. The van der Waals surface area contributed by atoms with Crippen LogP contribution in [0.25, 0.3) is 0 Å². The van der Waals surface area contributed by atoms with E-state index in [9.17, 15) is 18.0 Å². The average Bonchev–Trinajstić information content (AvgIpc) is 3.39. The van der Waals surface area contributed by atoms with E-state index < -0.39 is 34.5 Å². The number of rotatable bonds is 7. The number of carbonyl (C=O) groups excluding carboxylic acids is 2. The number of ether oxygens (including phenoxy) is 1. The molecule has 8 nitrogen and oxygen atoms in total. The first-order chi connectivity index (χ1) is 16.4. The molecule has 1 amide bonds. The lowest BCUT2D eigenvalue weighted by atomic mass is 9.92. The van der Waals surface area contributed by atoms with E-state index in [4.69, 9.17) is 10.00 Å². The number of nitriles is 1. The molecule has 0 bridgehead atoms. The molecule has 1 aromatic heterocycles. The van der Waals surface area contributed by atoms with Crippen LogP contribution in [0.3, 0.4) is 0 Å². The summed E-state index contributed by atoms with van der Waals surface area (Å²) < 4.78 is 33.3. The summed E-state index contributed by atoms with van der Waals surface area (Å²) in [6.45, 7) is -0.265. The van der Waals surface area contributed by atoms with Gasteiger partial charge in [0.05, 0.1) is 24.1 Å². The minimum absolute atomic E-state index is 0.215. The van der Waals surface area contributed by atoms with Crippen molar-refractivity contribution in [1.82, 2.24) is 4.31 Å². The molecule has 1 aliphatic heterocycles. The zero-order valence-electron chi connectivity index (χ0n) is 18.0. The molecule has 0 radical (unpaired) electrons. The van der Waals surface area contributed by atoms with Crippen molar-refractivity contribution >= 4 is 38.9 Å². The van der Waals surface area contributed by atoms with Crippen molar-refractivity contribution in [1.29, 1.82) is 5.26 Å². The van der Waals surface area contributed by atoms with E-state index in [-0.39, 0.29) is 17.2 Å². The van der Waals surface area contributed by atoms with Crippen molar-refractivity contribution < 1.29 is 22.7 Å². The molecule has 1 aliphatic rings. The second kappa shape index (κ2) is 10.2. The van der Waals surface area contributed by atoms with Crippen molar-refractivity contribution in [2.75, 3.05) is 18.5 Å². The highest BCUT2D eigenvalue weighted by Crippen LogP contribution is 2.37. The number of nitrogens with one attached hydrogen (secondary N) is 1. The van der Waals surface area contributed by atoms with E-state index in [2.05, 4.69) is 5.32 Å². The monoisotopic (exact) mass is 495 g/mol. The molecule has 174 valence electrons. The lowest BCUT2D eigenvalue weighted by molar-refractivity contribution is -0.148. The Labute approximate surface area is 201 Å². The number of carbonyl (C=O) groups is 2. The number of anilines is 1. The molecule has 0 spiro atoms. The molecule has 1 N–H and O–H groups in total. The standard InChI is InChI=1S/C24H21N3O5S2/c25-15-17-7-9-19(10-8-17)26-22(28)16-32-23(29)14-21-20-5-2-1-4-18(20)11-12-27(21)34(30,31)24-6-3-13-33-24/h1-10,13,21H,11-12,14,16H2,(H,26,28). The minimum Gasteiger partial charge on any atom is -0.456 e. The number of hydrogen-bond donors (Lipinski definition) is 1. The molecule has 0 saturated heterocycles. The van der Waals surface area contributed by atoms with Gasteiger partial charge in [0.2, 0.25) is 0 Å². The summed E-state index contributed by atoms with van der Waals surface area (Å²) in [5.41, 5.74) is 2.66. The van der Waals surface area contributed by atoms with Gasteiger partial charge < -0.3 is 10.1 Å². The maximum Gasteiger partial charge on any atom is 0.308 e. The molecular formula is C24H21N3O5S2. The largest absolute Gasteiger partial charge is 0.456 e.